The minimum absolute atomic E-state index is 0.0124. The predicted molar refractivity (Wildman–Crippen MR) is 71.3 cm³/mol. The number of carbonyl (C=O) groups excluding carboxylic acids is 1. The molecule has 0 saturated carbocycles. The first-order chi connectivity index (χ1) is 8.37. The monoisotopic (exact) mass is 248 g/mol. The second-order valence-electron chi connectivity index (χ2n) is 5.65. The van der Waals surface area contributed by atoms with Gasteiger partial charge >= 0.3 is 6.09 Å². The first kappa shape index (κ1) is 12.7. The molecule has 1 aromatic rings. The lowest BCUT2D eigenvalue weighted by atomic mass is 10.1. The SMILES string of the molecule is CC(C)(C)OC(=O)NC1CCc2c(N)cccc21. The summed E-state index contributed by atoms with van der Waals surface area (Å²) in [4.78, 5) is 11.7. The second kappa shape index (κ2) is 4.52. The Hall–Kier alpha value is -1.71. The molecule has 0 saturated heterocycles. The highest BCUT2D eigenvalue weighted by molar-refractivity contribution is 5.69. The smallest absolute Gasteiger partial charge is 0.408 e. The Bertz CT molecular complexity index is 463. The largest absolute Gasteiger partial charge is 0.444 e. The van der Waals surface area contributed by atoms with E-state index in [1.165, 1.54) is 0 Å². The molecule has 3 N–H and O–H groups in total. The maximum atomic E-state index is 11.7. The van der Waals surface area contributed by atoms with Crippen LogP contribution < -0.4 is 11.1 Å². The van der Waals surface area contributed by atoms with Gasteiger partial charge in [-0.25, -0.2) is 4.79 Å². The van der Waals surface area contributed by atoms with Crippen molar-refractivity contribution >= 4 is 11.8 Å². The van der Waals surface area contributed by atoms with Crippen molar-refractivity contribution in [2.45, 2.75) is 45.3 Å². The molecule has 0 fully saturated rings. The summed E-state index contributed by atoms with van der Waals surface area (Å²) in [5.41, 5.74) is 8.52. The van der Waals surface area contributed by atoms with Crippen LogP contribution in [-0.2, 0) is 11.2 Å². The second-order valence-corrected chi connectivity index (χ2v) is 5.65. The molecule has 4 nitrogen and oxygen atoms in total. The van der Waals surface area contributed by atoms with Gasteiger partial charge in [0.15, 0.2) is 0 Å². The van der Waals surface area contributed by atoms with Crippen LogP contribution in [0, 0.1) is 0 Å². The van der Waals surface area contributed by atoms with E-state index in [0.29, 0.717) is 0 Å². The van der Waals surface area contributed by atoms with Crippen LogP contribution in [0.4, 0.5) is 10.5 Å². The molecule has 4 heteroatoms. The summed E-state index contributed by atoms with van der Waals surface area (Å²) in [6, 6.07) is 5.84. The highest BCUT2D eigenvalue weighted by Gasteiger charge is 2.27. The van der Waals surface area contributed by atoms with Crippen molar-refractivity contribution in [3.8, 4) is 0 Å². The summed E-state index contributed by atoms with van der Waals surface area (Å²) >= 11 is 0. The zero-order valence-corrected chi connectivity index (χ0v) is 11.1. The number of fused-ring (bicyclic) bond motifs is 1. The lowest BCUT2D eigenvalue weighted by Crippen LogP contribution is -2.34. The molecule has 18 heavy (non-hydrogen) atoms. The van der Waals surface area contributed by atoms with Gasteiger partial charge < -0.3 is 15.8 Å². The molecule has 1 atom stereocenters. The van der Waals surface area contributed by atoms with E-state index < -0.39 is 5.60 Å². The van der Waals surface area contributed by atoms with E-state index in [1.54, 1.807) is 0 Å². The summed E-state index contributed by atoms with van der Waals surface area (Å²) in [6.45, 7) is 5.56. The number of ether oxygens (including phenoxy) is 1. The summed E-state index contributed by atoms with van der Waals surface area (Å²) in [5, 5.41) is 2.90. The third kappa shape index (κ3) is 2.75. The fraction of sp³-hybridized carbons (Fsp3) is 0.500. The van der Waals surface area contributed by atoms with Crippen molar-refractivity contribution < 1.29 is 9.53 Å². The fourth-order valence-electron chi connectivity index (χ4n) is 2.28. The van der Waals surface area contributed by atoms with Gasteiger partial charge in [-0.15, -0.1) is 0 Å². The maximum absolute atomic E-state index is 11.7. The molecule has 1 aliphatic carbocycles. The Labute approximate surface area is 108 Å². The van der Waals surface area contributed by atoms with Gasteiger partial charge in [0, 0.05) is 5.69 Å². The number of anilines is 1. The fourth-order valence-corrected chi connectivity index (χ4v) is 2.28. The molecular formula is C14H20N2O2. The van der Waals surface area contributed by atoms with E-state index in [1.807, 2.05) is 39.0 Å². The van der Waals surface area contributed by atoms with Gasteiger partial charge in [-0.1, -0.05) is 12.1 Å². The summed E-state index contributed by atoms with van der Waals surface area (Å²) in [5.74, 6) is 0. The van der Waals surface area contributed by atoms with Crippen LogP contribution in [0.15, 0.2) is 18.2 Å². The van der Waals surface area contributed by atoms with Gasteiger partial charge in [0.25, 0.3) is 0 Å². The Morgan fingerprint density at radius 3 is 2.83 bits per heavy atom. The average molecular weight is 248 g/mol. The number of nitrogens with two attached hydrogens (primary N) is 1. The summed E-state index contributed by atoms with van der Waals surface area (Å²) in [7, 11) is 0. The number of hydrogen-bond donors (Lipinski definition) is 2. The summed E-state index contributed by atoms with van der Waals surface area (Å²) in [6.07, 6.45) is 1.41. The topological polar surface area (TPSA) is 64.3 Å². The van der Waals surface area contributed by atoms with Crippen LogP contribution in [0.2, 0.25) is 0 Å². The van der Waals surface area contributed by atoms with E-state index in [9.17, 15) is 4.79 Å². The molecule has 1 aliphatic rings. The van der Waals surface area contributed by atoms with Crippen molar-refractivity contribution in [2.75, 3.05) is 5.73 Å². The number of nitrogen functional groups attached to an aromatic ring is 1. The van der Waals surface area contributed by atoms with Crippen LogP contribution in [0.25, 0.3) is 0 Å². The van der Waals surface area contributed by atoms with Gasteiger partial charge in [0.2, 0.25) is 0 Å². The van der Waals surface area contributed by atoms with Crippen molar-refractivity contribution in [1.29, 1.82) is 0 Å². The van der Waals surface area contributed by atoms with E-state index in [-0.39, 0.29) is 12.1 Å². The molecule has 0 heterocycles. The minimum Gasteiger partial charge on any atom is -0.444 e. The van der Waals surface area contributed by atoms with E-state index >= 15 is 0 Å². The molecule has 0 radical (unpaired) electrons. The van der Waals surface area contributed by atoms with E-state index in [2.05, 4.69) is 5.32 Å². The zero-order valence-electron chi connectivity index (χ0n) is 11.1. The van der Waals surface area contributed by atoms with Gasteiger partial charge in [0.1, 0.15) is 5.60 Å². The molecule has 0 bridgehead atoms. The van der Waals surface area contributed by atoms with E-state index in [4.69, 9.17) is 10.5 Å². The van der Waals surface area contributed by atoms with Crippen molar-refractivity contribution in [3.05, 3.63) is 29.3 Å². The maximum Gasteiger partial charge on any atom is 0.408 e. The Morgan fingerprint density at radius 1 is 1.44 bits per heavy atom. The lowest BCUT2D eigenvalue weighted by Gasteiger charge is -2.22. The van der Waals surface area contributed by atoms with Gasteiger partial charge in [-0.2, -0.15) is 0 Å². The molecule has 0 aliphatic heterocycles. The normalized spacial score (nSPS) is 18.3. The average Bonchev–Trinajstić information content (AvgIpc) is 2.60. The third-order valence-corrected chi connectivity index (χ3v) is 3.00. The predicted octanol–water partition coefficient (Wildman–Crippen LogP) is 2.78. The van der Waals surface area contributed by atoms with Gasteiger partial charge in [0.05, 0.1) is 6.04 Å². The number of alkyl carbamates (subject to hydrolysis) is 1. The van der Waals surface area contributed by atoms with Crippen LogP contribution in [-0.4, -0.2) is 11.7 Å². The molecule has 98 valence electrons. The molecular weight excluding hydrogens is 228 g/mol. The number of amides is 1. The van der Waals surface area contributed by atoms with Crippen molar-refractivity contribution in [3.63, 3.8) is 0 Å². The molecule has 1 amide bonds. The Balaban J connectivity index is 2.06. The van der Waals surface area contributed by atoms with Crippen LogP contribution in [0.1, 0.15) is 44.4 Å². The van der Waals surface area contributed by atoms with Crippen LogP contribution in [0.3, 0.4) is 0 Å². The van der Waals surface area contributed by atoms with E-state index in [0.717, 1.165) is 29.7 Å². The number of nitrogens with one attached hydrogen (secondary N) is 1. The highest BCUT2D eigenvalue weighted by Crippen LogP contribution is 2.34. The molecule has 0 spiro atoms. The lowest BCUT2D eigenvalue weighted by molar-refractivity contribution is 0.0503. The zero-order chi connectivity index (χ0) is 13.3. The summed E-state index contributed by atoms with van der Waals surface area (Å²) < 4.78 is 5.26. The van der Waals surface area contributed by atoms with Crippen molar-refractivity contribution in [2.24, 2.45) is 0 Å². The third-order valence-electron chi connectivity index (χ3n) is 3.00. The quantitative estimate of drug-likeness (QED) is 0.751. The standard InChI is InChI=1S/C14H20N2O2/c1-14(2,3)18-13(17)16-12-8-7-9-10(12)5-4-6-11(9)15/h4-6,12H,7-8,15H2,1-3H3,(H,16,17). The van der Waals surface area contributed by atoms with Crippen molar-refractivity contribution in [1.82, 2.24) is 5.32 Å². The number of benzene rings is 1. The van der Waals surface area contributed by atoms with Crippen LogP contribution in [0.5, 0.6) is 0 Å². The first-order valence-corrected chi connectivity index (χ1v) is 6.23. The van der Waals surface area contributed by atoms with Crippen LogP contribution >= 0.6 is 0 Å². The Kier molecular flexibility index (Phi) is 3.20. The molecule has 2 rings (SSSR count). The Morgan fingerprint density at radius 2 is 2.17 bits per heavy atom. The number of carbonyl (C=O) groups is 1. The molecule has 1 aromatic carbocycles. The van der Waals surface area contributed by atoms with Gasteiger partial charge in [-0.3, -0.25) is 0 Å². The highest BCUT2D eigenvalue weighted by atomic mass is 16.6. The molecule has 1 unspecified atom stereocenters. The minimum atomic E-state index is -0.471. The number of hydrogen-bond acceptors (Lipinski definition) is 3. The first-order valence-electron chi connectivity index (χ1n) is 6.23. The van der Waals surface area contributed by atoms with Gasteiger partial charge in [-0.05, 0) is 50.8 Å². The number of rotatable bonds is 1. The molecule has 0 aromatic heterocycles.